The van der Waals surface area contributed by atoms with Gasteiger partial charge in [-0.1, -0.05) is 0 Å². The fourth-order valence-electron chi connectivity index (χ4n) is 2.44. The van der Waals surface area contributed by atoms with E-state index in [0.717, 1.165) is 0 Å². The van der Waals surface area contributed by atoms with Crippen LogP contribution in [0.25, 0.3) is 22.3 Å². The molecule has 0 radical (unpaired) electrons. The predicted molar refractivity (Wildman–Crippen MR) is 82.4 cm³/mol. The first kappa shape index (κ1) is 14.0. The maximum Gasteiger partial charge on any atom is 0.197 e. The first-order chi connectivity index (χ1) is 10.4. The molecular weight excluding hydrogens is 284 g/mol. The molecule has 1 aromatic heterocycles. The number of hydrogen-bond acceptors (Lipinski definition) is 5. The van der Waals surface area contributed by atoms with E-state index < -0.39 is 5.43 Å². The molecule has 5 nitrogen and oxygen atoms in total. The number of hydrogen-bond donors (Lipinski definition) is 3. The highest BCUT2D eigenvalue weighted by molar-refractivity contribution is 5.90. The van der Waals surface area contributed by atoms with Crippen LogP contribution < -0.4 is 5.43 Å². The van der Waals surface area contributed by atoms with Crippen molar-refractivity contribution in [1.82, 2.24) is 0 Å². The number of benzene rings is 2. The second-order valence-electron chi connectivity index (χ2n) is 5.17. The molecule has 0 amide bonds. The SMILES string of the molecule is Cc1c(O)c(C)c2oc(-c3ccc(O)cc3)cc(=O)c2c1O. The average molecular weight is 298 g/mol. The molecule has 0 spiro atoms. The number of aryl methyl sites for hydroxylation is 1. The highest BCUT2D eigenvalue weighted by Crippen LogP contribution is 2.38. The zero-order valence-corrected chi connectivity index (χ0v) is 12.0. The van der Waals surface area contributed by atoms with Crippen molar-refractivity contribution in [2.75, 3.05) is 0 Å². The van der Waals surface area contributed by atoms with E-state index in [1.807, 2.05) is 0 Å². The summed E-state index contributed by atoms with van der Waals surface area (Å²) in [4.78, 5) is 12.3. The molecular formula is C17H14O5. The van der Waals surface area contributed by atoms with Crippen LogP contribution in [0.2, 0.25) is 0 Å². The van der Waals surface area contributed by atoms with E-state index in [0.29, 0.717) is 16.9 Å². The zero-order valence-electron chi connectivity index (χ0n) is 12.0. The van der Waals surface area contributed by atoms with Crippen LogP contribution in [0.15, 0.2) is 39.5 Å². The van der Waals surface area contributed by atoms with Crippen molar-refractivity contribution in [2.24, 2.45) is 0 Å². The lowest BCUT2D eigenvalue weighted by Crippen LogP contribution is -2.03. The second kappa shape index (κ2) is 4.80. The van der Waals surface area contributed by atoms with Gasteiger partial charge in [-0.3, -0.25) is 4.79 Å². The van der Waals surface area contributed by atoms with Crippen LogP contribution in [0.3, 0.4) is 0 Å². The summed E-state index contributed by atoms with van der Waals surface area (Å²) in [6, 6.07) is 7.47. The maximum atomic E-state index is 12.3. The quantitative estimate of drug-likeness (QED) is 0.642. The third-order valence-electron chi connectivity index (χ3n) is 3.74. The van der Waals surface area contributed by atoms with Crippen LogP contribution in [0.4, 0.5) is 0 Å². The first-order valence-corrected chi connectivity index (χ1v) is 6.68. The normalized spacial score (nSPS) is 11.0. The minimum Gasteiger partial charge on any atom is -0.508 e. The molecule has 3 N–H and O–H groups in total. The van der Waals surface area contributed by atoms with Gasteiger partial charge in [-0.15, -0.1) is 0 Å². The van der Waals surface area contributed by atoms with Gasteiger partial charge < -0.3 is 19.7 Å². The lowest BCUT2D eigenvalue weighted by molar-refractivity contribution is 0.442. The van der Waals surface area contributed by atoms with Crippen molar-refractivity contribution in [3.63, 3.8) is 0 Å². The summed E-state index contributed by atoms with van der Waals surface area (Å²) in [7, 11) is 0. The van der Waals surface area contributed by atoms with Crippen molar-refractivity contribution in [3.05, 3.63) is 51.7 Å². The summed E-state index contributed by atoms with van der Waals surface area (Å²) < 4.78 is 5.71. The number of rotatable bonds is 1. The number of phenols is 3. The Hall–Kier alpha value is -2.95. The van der Waals surface area contributed by atoms with Gasteiger partial charge in [0.05, 0.1) is 0 Å². The van der Waals surface area contributed by atoms with Crippen molar-refractivity contribution >= 4 is 11.0 Å². The number of aromatic hydroxyl groups is 3. The van der Waals surface area contributed by atoms with Gasteiger partial charge in [-0.2, -0.15) is 0 Å². The molecule has 0 aliphatic carbocycles. The lowest BCUT2D eigenvalue weighted by Gasteiger charge is -2.11. The van der Waals surface area contributed by atoms with Crippen molar-refractivity contribution < 1.29 is 19.7 Å². The van der Waals surface area contributed by atoms with Gasteiger partial charge in [0.1, 0.15) is 34.0 Å². The van der Waals surface area contributed by atoms with Gasteiger partial charge in [0.2, 0.25) is 0 Å². The second-order valence-corrected chi connectivity index (χ2v) is 5.17. The van der Waals surface area contributed by atoms with Crippen molar-refractivity contribution in [3.8, 4) is 28.6 Å². The summed E-state index contributed by atoms with van der Waals surface area (Å²) >= 11 is 0. The Balaban J connectivity index is 2.38. The van der Waals surface area contributed by atoms with Crippen LogP contribution in [0.1, 0.15) is 11.1 Å². The smallest absolute Gasteiger partial charge is 0.197 e. The van der Waals surface area contributed by atoms with E-state index in [9.17, 15) is 20.1 Å². The van der Waals surface area contributed by atoms with Crippen molar-refractivity contribution in [1.29, 1.82) is 0 Å². The Morgan fingerprint density at radius 2 is 1.55 bits per heavy atom. The summed E-state index contributed by atoms with van der Waals surface area (Å²) in [6.07, 6.45) is 0. The molecule has 0 fully saturated rings. The molecule has 112 valence electrons. The molecule has 0 saturated heterocycles. The van der Waals surface area contributed by atoms with E-state index >= 15 is 0 Å². The molecule has 0 saturated carbocycles. The molecule has 0 aliphatic rings. The molecule has 2 aromatic carbocycles. The summed E-state index contributed by atoms with van der Waals surface area (Å²) in [5, 5.41) is 29.5. The molecule has 0 aliphatic heterocycles. The predicted octanol–water partition coefficient (Wildman–Crippen LogP) is 3.19. The van der Waals surface area contributed by atoms with E-state index in [-0.39, 0.29) is 33.8 Å². The molecule has 0 unspecified atom stereocenters. The third-order valence-corrected chi connectivity index (χ3v) is 3.74. The van der Waals surface area contributed by atoms with Gasteiger partial charge in [0.25, 0.3) is 0 Å². The molecule has 0 bridgehead atoms. The monoisotopic (exact) mass is 298 g/mol. The van der Waals surface area contributed by atoms with E-state index in [1.165, 1.54) is 25.1 Å². The highest BCUT2D eigenvalue weighted by Gasteiger charge is 2.19. The molecule has 0 atom stereocenters. The molecule has 3 rings (SSSR count). The Bertz CT molecular complexity index is 936. The third kappa shape index (κ3) is 1.98. The van der Waals surface area contributed by atoms with Crippen molar-refractivity contribution in [2.45, 2.75) is 13.8 Å². The number of fused-ring (bicyclic) bond motifs is 1. The Kier molecular flexibility index (Phi) is 3.06. The minimum atomic E-state index is -0.395. The lowest BCUT2D eigenvalue weighted by atomic mass is 10.0. The molecule has 3 aromatic rings. The Labute approximate surface area is 125 Å². The van der Waals surface area contributed by atoms with Gasteiger partial charge in [0, 0.05) is 22.8 Å². The van der Waals surface area contributed by atoms with E-state index in [4.69, 9.17) is 4.42 Å². The van der Waals surface area contributed by atoms with Gasteiger partial charge in [-0.05, 0) is 38.1 Å². The zero-order chi connectivity index (χ0) is 16.0. The standard InChI is InChI=1S/C17H14O5/c1-8-15(20)9(2)17-14(16(8)21)12(19)7-13(22-17)10-3-5-11(18)6-4-10/h3-7,18,20-21H,1-2H3. The van der Waals surface area contributed by atoms with Gasteiger partial charge >= 0.3 is 0 Å². The Morgan fingerprint density at radius 3 is 2.18 bits per heavy atom. The Morgan fingerprint density at radius 1 is 0.909 bits per heavy atom. The van der Waals surface area contributed by atoms with Crippen LogP contribution in [-0.2, 0) is 0 Å². The van der Waals surface area contributed by atoms with Crippen LogP contribution in [-0.4, -0.2) is 15.3 Å². The number of phenolic OH excluding ortho intramolecular Hbond substituents is 3. The molecule has 1 heterocycles. The summed E-state index contributed by atoms with van der Waals surface area (Å²) in [5.41, 5.74) is 0.998. The van der Waals surface area contributed by atoms with Crippen LogP contribution >= 0.6 is 0 Å². The van der Waals surface area contributed by atoms with E-state index in [1.54, 1.807) is 19.1 Å². The van der Waals surface area contributed by atoms with E-state index in [2.05, 4.69) is 0 Å². The minimum absolute atomic E-state index is 0.0512. The van der Waals surface area contributed by atoms with Crippen LogP contribution in [0.5, 0.6) is 17.2 Å². The average Bonchev–Trinajstić information content (AvgIpc) is 2.50. The summed E-state index contributed by atoms with van der Waals surface area (Å²) in [6.45, 7) is 3.15. The molecule has 22 heavy (non-hydrogen) atoms. The van der Waals surface area contributed by atoms with Crippen LogP contribution in [0, 0.1) is 13.8 Å². The fourth-order valence-corrected chi connectivity index (χ4v) is 2.44. The highest BCUT2D eigenvalue weighted by atomic mass is 16.3. The first-order valence-electron chi connectivity index (χ1n) is 6.68. The van der Waals surface area contributed by atoms with Gasteiger partial charge in [0.15, 0.2) is 5.43 Å². The largest absolute Gasteiger partial charge is 0.508 e. The maximum absolute atomic E-state index is 12.3. The topological polar surface area (TPSA) is 90.9 Å². The summed E-state index contributed by atoms with van der Waals surface area (Å²) in [5.74, 6) is 0.0253. The van der Waals surface area contributed by atoms with Gasteiger partial charge in [-0.25, -0.2) is 0 Å². The molecule has 5 heteroatoms. The fraction of sp³-hybridized carbons (Fsp3) is 0.118.